The van der Waals surface area contributed by atoms with Crippen LogP contribution in [-0.4, -0.2) is 23.6 Å². The van der Waals surface area contributed by atoms with Gasteiger partial charge in [0.15, 0.2) is 0 Å². The molecule has 72 valence electrons. The Balaban J connectivity index is 2.14. The molecule has 0 saturated heterocycles. The van der Waals surface area contributed by atoms with E-state index in [4.69, 9.17) is 0 Å². The molecule has 1 atom stereocenters. The highest BCUT2D eigenvalue weighted by molar-refractivity contribution is 7.99. The minimum atomic E-state index is 0.392. The first-order valence-corrected chi connectivity index (χ1v) is 6.06. The molecule has 1 unspecified atom stereocenters. The van der Waals surface area contributed by atoms with E-state index < -0.39 is 0 Å². The van der Waals surface area contributed by atoms with Crippen molar-refractivity contribution in [2.24, 2.45) is 5.92 Å². The minimum Gasteiger partial charge on any atom is -0.313 e. The van der Waals surface area contributed by atoms with Crippen molar-refractivity contribution in [3.05, 3.63) is 0 Å². The number of nitrogens with one attached hydrogen (secondary N) is 1. The lowest BCUT2D eigenvalue weighted by Gasteiger charge is -2.25. The van der Waals surface area contributed by atoms with Gasteiger partial charge in [-0.3, -0.25) is 0 Å². The van der Waals surface area contributed by atoms with Crippen molar-refractivity contribution in [2.45, 2.75) is 44.4 Å². The zero-order valence-electron chi connectivity index (χ0n) is 8.68. The maximum atomic E-state index is 3.61. The van der Waals surface area contributed by atoms with E-state index in [0.29, 0.717) is 4.75 Å². The van der Waals surface area contributed by atoms with Crippen molar-refractivity contribution >= 4 is 11.8 Å². The van der Waals surface area contributed by atoms with Gasteiger partial charge in [0.2, 0.25) is 0 Å². The van der Waals surface area contributed by atoms with Crippen LogP contribution in [0, 0.1) is 5.92 Å². The van der Waals surface area contributed by atoms with Crippen LogP contribution in [0.2, 0.25) is 0 Å². The number of hydrogen-bond donors (Lipinski definition) is 1. The maximum absolute atomic E-state index is 3.61. The Morgan fingerprint density at radius 2 is 2.08 bits per heavy atom. The molecule has 12 heavy (non-hydrogen) atoms. The molecule has 1 fully saturated rings. The number of thioether (sulfide) groups is 1. The summed E-state index contributed by atoms with van der Waals surface area (Å²) in [6, 6.07) is 0.733. The van der Waals surface area contributed by atoms with Gasteiger partial charge in [-0.2, -0.15) is 11.8 Å². The Hall–Kier alpha value is 0.310. The second-order valence-electron chi connectivity index (χ2n) is 4.47. The quantitative estimate of drug-likeness (QED) is 0.710. The lowest BCUT2D eigenvalue weighted by atomic mass is 10.1. The number of rotatable bonds is 5. The average Bonchev–Trinajstić information content (AvgIpc) is 2.83. The van der Waals surface area contributed by atoms with Crippen LogP contribution < -0.4 is 5.32 Å². The first-order valence-electron chi connectivity index (χ1n) is 4.84. The van der Waals surface area contributed by atoms with Crippen LogP contribution in [0.4, 0.5) is 0 Å². The smallest absolute Gasteiger partial charge is 0.0225 e. The predicted octanol–water partition coefficient (Wildman–Crippen LogP) is 2.52. The lowest BCUT2D eigenvalue weighted by Crippen LogP contribution is -2.38. The zero-order chi connectivity index (χ0) is 9.19. The van der Waals surface area contributed by atoms with E-state index in [1.807, 2.05) is 11.8 Å². The van der Waals surface area contributed by atoms with Gasteiger partial charge in [-0.1, -0.05) is 0 Å². The molecular weight excluding hydrogens is 166 g/mol. The topological polar surface area (TPSA) is 12.0 Å². The molecule has 1 N–H and O–H groups in total. The normalized spacial score (nSPS) is 21.0. The SMILES string of the molecule is CSC(C)(C)CNC(C)C1CC1. The molecule has 0 radical (unpaired) electrons. The highest BCUT2D eigenvalue weighted by Gasteiger charge is 2.28. The third kappa shape index (κ3) is 3.36. The number of hydrogen-bond acceptors (Lipinski definition) is 2. The van der Waals surface area contributed by atoms with Gasteiger partial charge in [-0.25, -0.2) is 0 Å². The van der Waals surface area contributed by atoms with Crippen LogP contribution in [0.5, 0.6) is 0 Å². The zero-order valence-corrected chi connectivity index (χ0v) is 9.50. The van der Waals surface area contributed by atoms with Crippen molar-refractivity contribution < 1.29 is 0 Å². The average molecular weight is 187 g/mol. The summed E-state index contributed by atoms with van der Waals surface area (Å²) in [7, 11) is 0. The summed E-state index contributed by atoms with van der Waals surface area (Å²) in [4.78, 5) is 0. The molecule has 0 amide bonds. The van der Waals surface area contributed by atoms with E-state index in [1.54, 1.807) is 0 Å². The predicted molar refractivity (Wildman–Crippen MR) is 57.8 cm³/mol. The van der Waals surface area contributed by atoms with E-state index in [0.717, 1.165) is 18.5 Å². The molecule has 0 aromatic rings. The molecule has 2 heteroatoms. The van der Waals surface area contributed by atoms with E-state index in [-0.39, 0.29) is 0 Å². The summed E-state index contributed by atoms with van der Waals surface area (Å²) < 4.78 is 0.392. The highest BCUT2D eigenvalue weighted by atomic mass is 32.2. The molecule has 1 saturated carbocycles. The van der Waals surface area contributed by atoms with Crippen LogP contribution in [0.1, 0.15) is 33.6 Å². The summed E-state index contributed by atoms with van der Waals surface area (Å²) in [5.74, 6) is 0.975. The summed E-state index contributed by atoms with van der Waals surface area (Å²) in [5.41, 5.74) is 0. The molecule has 0 aromatic heterocycles. The van der Waals surface area contributed by atoms with Gasteiger partial charge in [0.25, 0.3) is 0 Å². The second-order valence-corrected chi connectivity index (χ2v) is 5.98. The molecule has 1 aliphatic carbocycles. The van der Waals surface area contributed by atoms with Gasteiger partial charge >= 0.3 is 0 Å². The fourth-order valence-corrected chi connectivity index (χ4v) is 1.47. The summed E-state index contributed by atoms with van der Waals surface area (Å²) in [6.07, 6.45) is 5.06. The van der Waals surface area contributed by atoms with Crippen LogP contribution in [-0.2, 0) is 0 Å². The molecule has 0 heterocycles. The van der Waals surface area contributed by atoms with Crippen molar-refractivity contribution in [2.75, 3.05) is 12.8 Å². The van der Waals surface area contributed by atoms with Gasteiger partial charge in [0.1, 0.15) is 0 Å². The molecule has 0 spiro atoms. The molecule has 1 aliphatic rings. The first kappa shape index (κ1) is 10.4. The molecule has 0 aliphatic heterocycles. The summed E-state index contributed by atoms with van der Waals surface area (Å²) in [5, 5.41) is 3.61. The third-order valence-corrected chi connectivity index (χ3v) is 3.98. The molecule has 0 aromatic carbocycles. The van der Waals surface area contributed by atoms with Crippen molar-refractivity contribution in [1.29, 1.82) is 0 Å². The van der Waals surface area contributed by atoms with Gasteiger partial charge in [0.05, 0.1) is 0 Å². The fraction of sp³-hybridized carbons (Fsp3) is 1.00. The lowest BCUT2D eigenvalue weighted by molar-refractivity contribution is 0.468. The maximum Gasteiger partial charge on any atom is 0.0225 e. The van der Waals surface area contributed by atoms with Crippen LogP contribution in [0.15, 0.2) is 0 Å². The molecule has 0 bridgehead atoms. The Bertz CT molecular complexity index is 141. The van der Waals surface area contributed by atoms with Crippen molar-refractivity contribution in [1.82, 2.24) is 5.32 Å². The Kier molecular flexibility index (Phi) is 3.47. The Morgan fingerprint density at radius 1 is 1.50 bits per heavy atom. The third-order valence-electron chi connectivity index (χ3n) is 2.73. The monoisotopic (exact) mass is 187 g/mol. The van der Waals surface area contributed by atoms with Crippen molar-refractivity contribution in [3.63, 3.8) is 0 Å². The minimum absolute atomic E-state index is 0.392. The fourth-order valence-electron chi connectivity index (χ4n) is 1.24. The van der Waals surface area contributed by atoms with Crippen LogP contribution in [0.25, 0.3) is 0 Å². The van der Waals surface area contributed by atoms with E-state index in [9.17, 15) is 0 Å². The Morgan fingerprint density at radius 3 is 2.50 bits per heavy atom. The van der Waals surface area contributed by atoms with Gasteiger partial charge < -0.3 is 5.32 Å². The van der Waals surface area contributed by atoms with Crippen molar-refractivity contribution in [3.8, 4) is 0 Å². The van der Waals surface area contributed by atoms with Crippen LogP contribution >= 0.6 is 11.8 Å². The van der Waals surface area contributed by atoms with E-state index in [1.165, 1.54) is 12.8 Å². The Labute approximate surface area is 80.7 Å². The standard InChI is InChI=1S/C10H21NS/c1-8(9-5-6-9)11-7-10(2,3)12-4/h8-9,11H,5-7H2,1-4H3. The summed E-state index contributed by atoms with van der Waals surface area (Å²) in [6.45, 7) is 8.04. The van der Waals surface area contributed by atoms with Gasteiger partial charge in [-0.05, 0) is 45.8 Å². The summed E-state index contributed by atoms with van der Waals surface area (Å²) >= 11 is 1.94. The molecule has 1 rings (SSSR count). The van der Waals surface area contributed by atoms with Gasteiger partial charge in [-0.15, -0.1) is 0 Å². The largest absolute Gasteiger partial charge is 0.313 e. The second kappa shape index (κ2) is 4.01. The van der Waals surface area contributed by atoms with E-state index >= 15 is 0 Å². The van der Waals surface area contributed by atoms with Crippen LogP contribution in [0.3, 0.4) is 0 Å². The molecular formula is C10H21NS. The molecule has 1 nitrogen and oxygen atoms in total. The first-order chi connectivity index (χ1) is 5.55. The van der Waals surface area contributed by atoms with E-state index in [2.05, 4.69) is 32.3 Å². The highest BCUT2D eigenvalue weighted by Crippen LogP contribution is 2.32. The van der Waals surface area contributed by atoms with Gasteiger partial charge in [0, 0.05) is 17.3 Å².